The molecule has 8 nitrogen and oxygen atoms in total. The van der Waals surface area contributed by atoms with Crippen LogP contribution in [0.5, 0.6) is 0 Å². The van der Waals surface area contributed by atoms with Crippen LogP contribution in [-0.2, 0) is 5.41 Å². The second kappa shape index (κ2) is 6.33. The van der Waals surface area contributed by atoms with E-state index in [-0.39, 0.29) is 11.4 Å². The lowest BCUT2D eigenvalue weighted by atomic mass is 9.64. The molecule has 1 saturated carbocycles. The third-order valence-corrected chi connectivity index (χ3v) is 5.59. The zero-order valence-corrected chi connectivity index (χ0v) is 15.5. The Morgan fingerprint density at radius 2 is 1.89 bits per heavy atom. The molecule has 3 aromatic rings. The van der Waals surface area contributed by atoms with Gasteiger partial charge in [0.1, 0.15) is 0 Å². The van der Waals surface area contributed by atoms with Crippen LogP contribution >= 0.6 is 0 Å². The molecule has 0 bridgehead atoms. The SMILES string of the molecule is CC1=NCC=C1c1nc(C2(c3ccc(-c4cnc(N)nc4)nc3)CCC2)no1. The van der Waals surface area contributed by atoms with E-state index in [9.17, 15) is 0 Å². The number of nitrogen functional groups attached to an aromatic ring is 1. The van der Waals surface area contributed by atoms with Crippen molar-refractivity contribution < 1.29 is 4.52 Å². The summed E-state index contributed by atoms with van der Waals surface area (Å²) >= 11 is 0. The van der Waals surface area contributed by atoms with E-state index < -0.39 is 0 Å². The molecule has 1 aliphatic heterocycles. The summed E-state index contributed by atoms with van der Waals surface area (Å²) in [4.78, 5) is 21.8. The molecule has 28 heavy (non-hydrogen) atoms. The zero-order valence-electron chi connectivity index (χ0n) is 15.5. The van der Waals surface area contributed by atoms with Crippen molar-refractivity contribution in [3.8, 4) is 11.3 Å². The van der Waals surface area contributed by atoms with E-state index in [0.29, 0.717) is 12.4 Å². The van der Waals surface area contributed by atoms with E-state index in [1.807, 2.05) is 25.3 Å². The summed E-state index contributed by atoms with van der Waals surface area (Å²) in [7, 11) is 0. The minimum absolute atomic E-state index is 0.241. The highest BCUT2D eigenvalue weighted by atomic mass is 16.5. The highest BCUT2D eigenvalue weighted by Crippen LogP contribution is 2.48. The molecule has 0 atom stereocenters. The minimum atomic E-state index is -0.241. The van der Waals surface area contributed by atoms with E-state index in [1.165, 1.54) is 0 Å². The lowest BCUT2D eigenvalue weighted by Gasteiger charge is -2.39. The Kier molecular flexibility index (Phi) is 3.78. The Balaban J connectivity index is 1.46. The lowest BCUT2D eigenvalue weighted by Crippen LogP contribution is -2.36. The molecular weight excluding hydrogens is 354 g/mol. The molecule has 8 heteroatoms. The lowest BCUT2D eigenvalue weighted by molar-refractivity contribution is 0.271. The number of anilines is 1. The number of hydrogen-bond acceptors (Lipinski definition) is 8. The van der Waals surface area contributed by atoms with Crippen molar-refractivity contribution in [3.05, 3.63) is 54.1 Å². The number of rotatable bonds is 4. The van der Waals surface area contributed by atoms with Crippen LogP contribution in [0.3, 0.4) is 0 Å². The Morgan fingerprint density at radius 1 is 1.07 bits per heavy atom. The monoisotopic (exact) mass is 373 g/mol. The van der Waals surface area contributed by atoms with E-state index >= 15 is 0 Å². The van der Waals surface area contributed by atoms with Gasteiger partial charge in [0.25, 0.3) is 5.89 Å². The molecule has 4 heterocycles. The zero-order chi connectivity index (χ0) is 19.1. The van der Waals surface area contributed by atoms with Crippen molar-refractivity contribution in [1.29, 1.82) is 0 Å². The van der Waals surface area contributed by atoms with Gasteiger partial charge in [-0.15, -0.1) is 0 Å². The van der Waals surface area contributed by atoms with Crippen molar-refractivity contribution >= 4 is 17.2 Å². The van der Waals surface area contributed by atoms with E-state index in [2.05, 4.69) is 31.2 Å². The molecule has 140 valence electrons. The van der Waals surface area contributed by atoms with E-state index in [1.54, 1.807) is 12.4 Å². The molecule has 2 aliphatic rings. The van der Waals surface area contributed by atoms with Gasteiger partial charge in [-0.1, -0.05) is 17.6 Å². The fourth-order valence-corrected chi connectivity index (χ4v) is 3.77. The predicted molar refractivity (Wildman–Crippen MR) is 105 cm³/mol. The molecule has 1 aliphatic carbocycles. The third-order valence-electron chi connectivity index (χ3n) is 5.59. The molecule has 2 N–H and O–H groups in total. The van der Waals surface area contributed by atoms with Crippen molar-refractivity contribution in [2.45, 2.75) is 31.6 Å². The predicted octanol–water partition coefficient (Wildman–Crippen LogP) is 2.83. The molecule has 3 aromatic heterocycles. The molecule has 1 fully saturated rings. The number of hydrogen-bond donors (Lipinski definition) is 1. The van der Waals surface area contributed by atoms with Crippen LogP contribution in [0.15, 0.2) is 46.3 Å². The van der Waals surface area contributed by atoms with Gasteiger partial charge >= 0.3 is 0 Å². The highest BCUT2D eigenvalue weighted by Gasteiger charge is 2.45. The molecule has 0 saturated heterocycles. The molecular formula is C20H19N7O. The first-order valence-corrected chi connectivity index (χ1v) is 9.26. The molecule has 0 amide bonds. The summed E-state index contributed by atoms with van der Waals surface area (Å²) in [6, 6.07) is 4.05. The first-order valence-electron chi connectivity index (χ1n) is 9.26. The summed E-state index contributed by atoms with van der Waals surface area (Å²) < 4.78 is 5.57. The Bertz CT molecular complexity index is 1080. The van der Waals surface area contributed by atoms with Gasteiger partial charge in [0.05, 0.1) is 23.2 Å². The molecule has 0 unspecified atom stereocenters. The fraction of sp³-hybridized carbons (Fsp3) is 0.300. The van der Waals surface area contributed by atoms with Crippen LogP contribution in [0.25, 0.3) is 16.8 Å². The van der Waals surface area contributed by atoms with Gasteiger partial charge in [0.2, 0.25) is 5.95 Å². The fourth-order valence-electron chi connectivity index (χ4n) is 3.77. The Labute approximate surface area is 161 Å². The quantitative estimate of drug-likeness (QED) is 0.747. The van der Waals surface area contributed by atoms with Crippen LogP contribution in [0.1, 0.15) is 43.5 Å². The molecule has 0 aromatic carbocycles. The maximum absolute atomic E-state index is 5.57. The van der Waals surface area contributed by atoms with Gasteiger partial charge in [-0.25, -0.2) is 9.97 Å². The average molecular weight is 373 g/mol. The summed E-state index contributed by atoms with van der Waals surface area (Å²) in [6.07, 6.45) is 10.3. The normalized spacial score (nSPS) is 17.8. The van der Waals surface area contributed by atoms with Gasteiger partial charge < -0.3 is 10.3 Å². The summed E-state index contributed by atoms with van der Waals surface area (Å²) in [5, 5.41) is 4.31. The van der Waals surface area contributed by atoms with Crippen molar-refractivity contribution in [2.24, 2.45) is 4.99 Å². The summed E-state index contributed by atoms with van der Waals surface area (Å²) in [5.74, 6) is 1.52. The minimum Gasteiger partial charge on any atom is -0.368 e. The third kappa shape index (κ3) is 2.60. The van der Waals surface area contributed by atoms with Crippen molar-refractivity contribution in [2.75, 3.05) is 12.3 Å². The van der Waals surface area contributed by atoms with Crippen molar-refractivity contribution in [1.82, 2.24) is 25.1 Å². The molecule has 5 rings (SSSR count). The number of nitrogens with two attached hydrogens (primary N) is 1. The van der Waals surface area contributed by atoms with Gasteiger partial charge in [-0.3, -0.25) is 9.98 Å². The smallest absolute Gasteiger partial charge is 0.259 e. The highest BCUT2D eigenvalue weighted by molar-refractivity contribution is 6.22. The Morgan fingerprint density at radius 3 is 2.50 bits per heavy atom. The first kappa shape index (κ1) is 16.7. The largest absolute Gasteiger partial charge is 0.368 e. The van der Waals surface area contributed by atoms with Crippen molar-refractivity contribution in [3.63, 3.8) is 0 Å². The van der Waals surface area contributed by atoms with Crippen LogP contribution < -0.4 is 5.73 Å². The van der Waals surface area contributed by atoms with Crippen LogP contribution in [0.4, 0.5) is 5.95 Å². The summed E-state index contributed by atoms with van der Waals surface area (Å²) in [5.41, 5.74) is 9.91. The number of aliphatic imine (C=N–C) groups is 1. The Hall–Kier alpha value is -3.42. The number of pyridine rings is 1. The van der Waals surface area contributed by atoms with Crippen LogP contribution in [0.2, 0.25) is 0 Å². The van der Waals surface area contributed by atoms with Crippen LogP contribution in [0, 0.1) is 0 Å². The molecule has 0 radical (unpaired) electrons. The maximum atomic E-state index is 5.57. The topological polar surface area (TPSA) is 116 Å². The maximum Gasteiger partial charge on any atom is 0.259 e. The summed E-state index contributed by atoms with van der Waals surface area (Å²) in [6.45, 7) is 2.63. The van der Waals surface area contributed by atoms with E-state index in [4.69, 9.17) is 15.2 Å². The van der Waals surface area contributed by atoms with E-state index in [0.717, 1.165) is 53.2 Å². The second-order valence-electron chi connectivity index (χ2n) is 7.16. The number of allylic oxidation sites excluding steroid dienone is 1. The number of aromatic nitrogens is 5. The van der Waals surface area contributed by atoms with Gasteiger partial charge in [0.15, 0.2) is 5.82 Å². The van der Waals surface area contributed by atoms with Gasteiger partial charge in [-0.05, 0) is 37.5 Å². The van der Waals surface area contributed by atoms with Gasteiger partial charge in [-0.2, -0.15) is 4.98 Å². The van der Waals surface area contributed by atoms with Crippen LogP contribution in [-0.4, -0.2) is 37.3 Å². The second-order valence-corrected chi connectivity index (χ2v) is 7.16. The number of nitrogens with zero attached hydrogens (tertiary/aromatic N) is 6. The first-order chi connectivity index (χ1) is 13.7. The standard InChI is InChI=1S/C20H19N7O/c1-12-15(5-8-22-12)17-26-18(27-28-17)20(6-2-7-20)14-3-4-16(23-11-14)13-9-24-19(21)25-10-13/h3-5,9-11H,2,6-8H2,1H3,(H2,21,24,25). The average Bonchev–Trinajstić information content (AvgIpc) is 3.31. The van der Waals surface area contributed by atoms with Gasteiger partial charge in [0, 0.05) is 29.9 Å². The molecule has 0 spiro atoms.